The van der Waals surface area contributed by atoms with Crippen LogP contribution in [-0.4, -0.2) is 21.4 Å². The van der Waals surface area contributed by atoms with E-state index in [1.165, 1.54) is 9.69 Å². The van der Waals surface area contributed by atoms with Crippen LogP contribution in [0.2, 0.25) is 5.02 Å². The number of benzene rings is 3. The van der Waals surface area contributed by atoms with E-state index < -0.39 is 11.8 Å². The minimum atomic E-state index is -0.681. The maximum atomic E-state index is 13.9. The minimum Gasteiger partial charge on any atom is -0.295 e. The van der Waals surface area contributed by atoms with Gasteiger partial charge in [0.25, 0.3) is 11.5 Å². The molecule has 0 saturated carbocycles. The van der Waals surface area contributed by atoms with Crippen LogP contribution in [0.15, 0.2) is 82.7 Å². The molecule has 1 aliphatic rings. The number of hydrazone groups is 1. The van der Waals surface area contributed by atoms with Crippen molar-refractivity contribution in [3.63, 3.8) is 0 Å². The molecule has 0 bridgehead atoms. The number of carbonyl (C=O) groups excluding carboxylic acids is 1. The highest BCUT2D eigenvalue weighted by molar-refractivity contribution is 6.31. The number of carbonyl (C=O) groups is 1. The van der Waals surface area contributed by atoms with Gasteiger partial charge in [0.1, 0.15) is 0 Å². The maximum absolute atomic E-state index is 13.9. The highest BCUT2D eigenvalue weighted by Gasteiger charge is 2.44. The molecule has 1 aliphatic heterocycles. The van der Waals surface area contributed by atoms with Crippen LogP contribution in [-0.2, 0) is 4.79 Å². The average molecular weight is 499 g/mol. The van der Waals surface area contributed by atoms with Crippen molar-refractivity contribution in [1.29, 1.82) is 0 Å². The lowest BCUT2D eigenvalue weighted by Gasteiger charge is -2.24. The molecule has 0 aliphatic carbocycles. The summed E-state index contributed by atoms with van der Waals surface area (Å²) in [7, 11) is 0. The number of hydrogen-bond donors (Lipinski definition) is 1. The molecular weight excluding hydrogens is 472 g/mol. The van der Waals surface area contributed by atoms with Crippen molar-refractivity contribution in [2.75, 3.05) is 5.01 Å². The van der Waals surface area contributed by atoms with Crippen molar-refractivity contribution >= 4 is 28.9 Å². The number of H-pyrrole nitrogens is 1. The van der Waals surface area contributed by atoms with Crippen molar-refractivity contribution in [3.05, 3.63) is 116 Å². The van der Waals surface area contributed by atoms with Gasteiger partial charge in [-0.25, -0.2) is 9.69 Å². The van der Waals surface area contributed by atoms with Crippen LogP contribution >= 0.6 is 11.6 Å². The van der Waals surface area contributed by atoms with Gasteiger partial charge in [0, 0.05) is 27.9 Å². The second kappa shape index (κ2) is 9.28. The van der Waals surface area contributed by atoms with Gasteiger partial charge >= 0.3 is 0 Å². The van der Waals surface area contributed by atoms with Gasteiger partial charge in [-0.2, -0.15) is 5.10 Å². The SMILES string of the molecule is CC1=NN(c2ccc(C)cc2)C(=O)[C@H]1[C@@H](c1ccccc1Cl)c1c(C)[nH]n(-c2ccc(C)cc2)c1=O. The van der Waals surface area contributed by atoms with Gasteiger partial charge in [-0.3, -0.25) is 14.7 Å². The van der Waals surface area contributed by atoms with E-state index in [4.69, 9.17) is 11.6 Å². The van der Waals surface area contributed by atoms with Gasteiger partial charge in [-0.05, 0) is 63.6 Å². The van der Waals surface area contributed by atoms with Crippen LogP contribution in [0.5, 0.6) is 0 Å². The van der Waals surface area contributed by atoms with Gasteiger partial charge < -0.3 is 0 Å². The van der Waals surface area contributed by atoms with Crippen LogP contribution in [0.1, 0.15) is 40.8 Å². The predicted molar refractivity (Wildman–Crippen MR) is 144 cm³/mol. The van der Waals surface area contributed by atoms with E-state index in [1.807, 2.05) is 94.4 Å². The first-order chi connectivity index (χ1) is 17.3. The number of aromatic amines is 1. The second-order valence-corrected chi connectivity index (χ2v) is 9.74. The molecular formula is C29H27ClN4O2. The lowest BCUT2D eigenvalue weighted by atomic mass is 9.78. The molecule has 1 N–H and O–H groups in total. The van der Waals surface area contributed by atoms with E-state index in [0.29, 0.717) is 33.2 Å². The molecule has 0 radical (unpaired) electrons. The lowest BCUT2D eigenvalue weighted by Crippen LogP contribution is -2.34. The smallest absolute Gasteiger partial charge is 0.275 e. The van der Waals surface area contributed by atoms with Crippen LogP contribution in [0.4, 0.5) is 5.69 Å². The summed E-state index contributed by atoms with van der Waals surface area (Å²) in [4.78, 5) is 27.8. The summed E-state index contributed by atoms with van der Waals surface area (Å²) in [5.41, 5.74) is 5.92. The molecule has 4 aromatic rings. The van der Waals surface area contributed by atoms with Crippen molar-refractivity contribution in [3.8, 4) is 5.69 Å². The molecule has 0 unspecified atom stereocenters. The van der Waals surface area contributed by atoms with Crippen molar-refractivity contribution in [1.82, 2.24) is 9.78 Å². The summed E-state index contributed by atoms with van der Waals surface area (Å²) in [6.45, 7) is 7.68. The van der Waals surface area contributed by atoms with Crippen molar-refractivity contribution in [2.45, 2.75) is 33.6 Å². The van der Waals surface area contributed by atoms with Gasteiger partial charge in [-0.15, -0.1) is 0 Å². The Morgan fingerprint density at radius 1 is 0.833 bits per heavy atom. The minimum absolute atomic E-state index is 0.192. The fraction of sp³-hybridized carbons (Fsp3) is 0.207. The number of amides is 1. The monoisotopic (exact) mass is 498 g/mol. The first kappa shape index (κ1) is 23.8. The summed E-state index contributed by atoms with van der Waals surface area (Å²) in [6.07, 6.45) is 0. The topological polar surface area (TPSA) is 70.5 Å². The van der Waals surface area contributed by atoms with Crippen LogP contribution in [0.3, 0.4) is 0 Å². The summed E-state index contributed by atoms with van der Waals surface area (Å²) >= 11 is 6.68. The average Bonchev–Trinajstić information content (AvgIpc) is 3.32. The normalized spacial score (nSPS) is 16.4. The summed E-state index contributed by atoms with van der Waals surface area (Å²) in [5.74, 6) is -1.48. The Labute approximate surface area is 214 Å². The third-order valence-corrected chi connectivity index (χ3v) is 7.10. The van der Waals surface area contributed by atoms with E-state index >= 15 is 0 Å². The number of aromatic nitrogens is 2. The van der Waals surface area contributed by atoms with Crippen molar-refractivity contribution in [2.24, 2.45) is 11.0 Å². The Morgan fingerprint density at radius 2 is 1.42 bits per heavy atom. The number of nitrogens with zero attached hydrogens (tertiary/aromatic N) is 3. The molecule has 0 fully saturated rings. The molecule has 5 rings (SSSR count). The molecule has 2 heterocycles. The molecule has 0 spiro atoms. The third kappa shape index (κ3) is 4.07. The predicted octanol–water partition coefficient (Wildman–Crippen LogP) is 5.92. The molecule has 3 aromatic carbocycles. The van der Waals surface area contributed by atoms with E-state index in [0.717, 1.165) is 16.8 Å². The molecule has 0 saturated heterocycles. The number of hydrogen-bond acceptors (Lipinski definition) is 3. The van der Waals surface area contributed by atoms with Gasteiger partial charge in [0.05, 0.1) is 17.3 Å². The van der Waals surface area contributed by atoms with Gasteiger partial charge in [0.15, 0.2) is 0 Å². The number of halogens is 1. The van der Waals surface area contributed by atoms with Gasteiger partial charge in [-0.1, -0.05) is 65.2 Å². The maximum Gasteiger partial charge on any atom is 0.275 e. The molecule has 36 heavy (non-hydrogen) atoms. The quantitative estimate of drug-likeness (QED) is 0.371. The Balaban J connectivity index is 1.66. The number of aryl methyl sites for hydroxylation is 3. The van der Waals surface area contributed by atoms with Crippen molar-refractivity contribution < 1.29 is 4.79 Å². The van der Waals surface area contributed by atoms with Crippen LogP contribution < -0.4 is 10.6 Å². The lowest BCUT2D eigenvalue weighted by molar-refractivity contribution is -0.120. The number of anilines is 1. The Bertz CT molecular complexity index is 1530. The number of nitrogens with one attached hydrogen (secondary N) is 1. The Hall–Kier alpha value is -3.90. The van der Waals surface area contributed by atoms with Crippen LogP contribution in [0.25, 0.3) is 5.69 Å². The summed E-state index contributed by atoms with van der Waals surface area (Å²) < 4.78 is 1.53. The Kier molecular flexibility index (Phi) is 6.14. The first-order valence-electron chi connectivity index (χ1n) is 11.8. The molecule has 1 aromatic heterocycles. The molecule has 6 nitrogen and oxygen atoms in total. The van der Waals surface area contributed by atoms with E-state index in [1.54, 1.807) is 6.07 Å². The standard InChI is InChI=1S/C29H27ClN4O2/c1-17-9-13-21(14-10-17)33-28(35)25(19(3)31-33)27(23-7-5-6-8-24(23)30)26-20(4)32-34(29(26)36)22-15-11-18(2)12-16-22/h5-16,25,27,32H,1-4H3/t25-,27-/m1/s1. The second-order valence-electron chi connectivity index (χ2n) is 9.33. The van der Waals surface area contributed by atoms with Gasteiger partial charge in [0.2, 0.25) is 0 Å². The van der Waals surface area contributed by atoms with E-state index in [-0.39, 0.29) is 11.5 Å². The zero-order valence-corrected chi connectivity index (χ0v) is 21.4. The highest BCUT2D eigenvalue weighted by atomic mass is 35.5. The highest BCUT2D eigenvalue weighted by Crippen LogP contribution is 2.40. The molecule has 182 valence electrons. The summed E-state index contributed by atoms with van der Waals surface area (Å²) in [6, 6.07) is 22.7. The number of rotatable bonds is 5. The first-order valence-corrected chi connectivity index (χ1v) is 12.2. The third-order valence-electron chi connectivity index (χ3n) is 6.75. The van der Waals surface area contributed by atoms with Crippen LogP contribution in [0, 0.1) is 26.7 Å². The zero-order chi connectivity index (χ0) is 25.6. The zero-order valence-electron chi connectivity index (χ0n) is 20.6. The fourth-order valence-corrected chi connectivity index (χ4v) is 5.12. The largest absolute Gasteiger partial charge is 0.295 e. The molecule has 7 heteroatoms. The van der Waals surface area contributed by atoms with E-state index in [2.05, 4.69) is 10.2 Å². The molecule has 2 atom stereocenters. The summed E-state index contributed by atoms with van der Waals surface area (Å²) in [5, 5.41) is 9.77. The molecule has 1 amide bonds. The fourth-order valence-electron chi connectivity index (χ4n) is 4.86. The van der Waals surface area contributed by atoms with E-state index in [9.17, 15) is 9.59 Å². The Morgan fingerprint density at radius 3 is 2.03 bits per heavy atom.